The second kappa shape index (κ2) is 9.76. The van der Waals surface area contributed by atoms with E-state index in [1.807, 2.05) is 18.2 Å². The highest BCUT2D eigenvalue weighted by Gasteiger charge is 2.39. The lowest BCUT2D eigenvalue weighted by Gasteiger charge is -2.28. The smallest absolute Gasteiger partial charge is 0.159 e. The lowest BCUT2D eigenvalue weighted by atomic mass is 9.77. The molecule has 0 saturated carbocycles. The highest BCUT2D eigenvalue weighted by Crippen LogP contribution is 2.47. The number of nitrogens with one attached hydrogen (secondary N) is 2. The molecule has 5 nitrogen and oxygen atoms in total. The fourth-order valence-electron chi connectivity index (χ4n) is 5.50. The first-order valence-corrected chi connectivity index (χ1v) is 13.4. The second-order valence-corrected chi connectivity index (χ2v) is 10.4. The molecule has 1 aromatic heterocycles. The van der Waals surface area contributed by atoms with Crippen molar-refractivity contribution in [1.82, 2.24) is 15.3 Å². The Balaban J connectivity index is 1.39. The van der Waals surface area contributed by atoms with E-state index >= 15 is 0 Å². The van der Waals surface area contributed by atoms with E-state index in [4.69, 9.17) is 10.1 Å². The van der Waals surface area contributed by atoms with Gasteiger partial charge >= 0.3 is 0 Å². The zero-order chi connectivity index (χ0) is 26.3. The molecule has 6 rings (SSSR count). The van der Waals surface area contributed by atoms with Crippen LogP contribution >= 0.6 is 0 Å². The molecule has 1 unspecified atom stereocenters. The van der Waals surface area contributed by atoms with E-state index in [1.54, 1.807) is 12.1 Å². The quantitative estimate of drug-likeness (QED) is 0.269. The summed E-state index contributed by atoms with van der Waals surface area (Å²) in [4.78, 5) is 8.49. The summed E-state index contributed by atoms with van der Waals surface area (Å²) in [5, 5.41) is 12.9. The van der Waals surface area contributed by atoms with Crippen LogP contribution in [0.15, 0.2) is 82.5 Å². The van der Waals surface area contributed by atoms with Crippen LogP contribution in [0.2, 0.25) is 0 Å². The fraction of sp³-hybridized carbons (Fsp3) is 0.281. The summed E-state index contributed by atoms with van der Waals surface area (Å²) in [6.07, 6.45) is 4.94. The zero-order valence-electron chi connectivity index (χ0n) is 22.1. The lowest BCUT2D eigenvalue weighted by Crippen LogP contribution is -2.25. The molecular formula is C32H32FN5. The van der Waals surface area contributed by atoms with Crippen molar-refractivity contribution in [3.05, 3.63) is 101 Å². The molecule has 192 valence electrons. The maximum Gasteiger partial charge on any atom is 0.159 e. The van der Waals surface area contributed by atoms with Gasteiger partial charge in [-0.1, -0.05) is 62.4 Å². The van der Waals surface area contributed by atoms with E-state index in [-0.39, 0.29) is 11.4 Å². The van der Waals surface area contributed by atoms with Gasteiger partial charge in [0, 0.05) is 12.1 Å². The lowest BCUT2D eigenvalue weighted by molar-refractivity contribution is 0.539. The summed E-state index contributed by atoms with van der Waals surface area (Å²) in [6, 6.07) is 19.5. The van der Waals surface area contributed by atoms with Gasteiger partial charge in [-0.25, -0.2) is 9.37 Å². The average Bonchev–Trinajstić information content (AvgIpc) is 3.52. The van der Waals surface area contributed by atoms with Crippen LogP contribution in [0, 0.1) is 5.82 Å². The van der Waals surface area contributed by atoms with Crippen LogP contribution in [0.25, 0.3) is 33.4 Å². The molecule has 1 atom stereocenters. The monoisotopic (exact) mass is 505 g/mol. The van der Waals surface area contributed by atoms with Gasteiger partial charge in [0.2, 0.25) is 0 Å². The van der Waals surface area contributed by atoms with Gasteiger partial charge in [-0.3, -0.25) is 0 Å². The third-order valence-corrected chi connectivity index (χ3v) is 7.72. The standard InChI is InChI=1S/C32H32FN5/c1-4-20-15-21(19-34-5-2)17-24(16-20)23-13-14-32(3)27(18-23)30(37-38-32)31-35-28-8-6-7-26(29(28)36-31)22-9-11-25(33)12-10-22/h6-13,15-17,34H,4-5,14,18-19H2,1-3H3,(H,35,36). The summed E-state index contributed by atoms with van der Waals surface area (Å²) in [7, 11) is 0. The molecule has 1 aliphatic heterocycles. The van der Waals surface area contributed by atoms with Crippen LogP contribution in [0.4, 0.5) is 4.39 Å². The zero-order valence-corrected chi connectivity index (χ0v) is 22.1. The number of halogens is 1. The van der Waals surface area contributed by atoms with E-state index in [0.717, 1.165) is 66.0 Å². The molecule has 6 heteroatoms. The highest BCUT2D eigenvalue weighted by molar-refractivity contribution is 5.93. The van der Waals surface area contributed by atoms with Crippen molar-refractivity contribution in [3.63, 3.8) is 0 Å². The molecule has 0 spiro atoms. The number of aryl methyl sites for hydroxylation is 1. The molecule has 2 aliphatic rings. The summed E-state index contributed by atoms with van der Waals surface area (Å²) in [5.41, 5.74) is 10.6. The van der Waals surface area contributed by atoms with Gasteiger partial charge in [0.25, 0.3) is 0 Å². The number of H-pyrrole nitrogens is 1. The van der Waals surface area contributed by atoms with Crippen LogP contribution < -0.4 is 5.32 Å². The first-order valence-electron chi connectivity index (χ1n) is 13.4. The summed E-state index contributed by atoms with van der Waals surface area (Å²) < 4.78 is 13.5. The molecule has 38 heavy (non-hydrogen) atoms. The molecule has 0 fully saturated rings. The van der Waals surface area contributed by atoms with Crippen molar-refractivity contribution in [1.29, 1.82) is 0 Å². The molecule has 0 bridgehead atoms. The molecule has 1 aliphatic carbocycles. The van der Waals surface area contributed by atoms with E-state index in [9.17, 15) is 4.39 Å². The predicted octanol–water partition coefficient (Wildman–Crippen LogP) is 7.85. The van der Waals surface area contributed by atoms with Crippen LogP contribution in [0.5, 0.6) is 0 Å². The number of aromatic amines is 1. The largest absolute Gasteiger partial charge is 0.337 e. The average molecular weight is 506 g/mol. The van der Waals surface area contributed by atoms with Gasteiger partial charge in [-0.15, -0.1) is 0 Å². The van der Waals surface area contributed by atoms with Crippen molar-refractivity contribution in [2.75, 3.05) is 6.54 Å². The predicted molar refractivity (Wildman–Crippen MR) is 152 cm³/mol. The third kappa shape index (κ3) is 4.39. The summed E-state index contributed by atoms with van der Waals surface area (Å²) in [6.45, 7) is 8.33. The Morgan fingerprint density at radius 1 is 1.00 bits per heavy atom. The summed E-state index contributed by atoms with van der Waals surface area (Å²) >= 11 is 0. The van der Waals surface area contributed by atoms with Crippen molar-refractivity contribution in [3.8, 4) is 11.1 Å². The Bertz CT molecular complexity index is 1610. The number of hydrogen-bond donors (Lipinski definition) is 2. The van der Waals surface area contributed by atoms with E-state index in [1.165, 1.54) is 40.0 Å². The number of fused-ring (bicyclic) bond motifs is 2. The molecule has 0 radical (unpaired) electrons. The number of azo groups is 1. The molecule has 2 N–H and O–H groups in total. The molecule has 0 amide bonds. The summed E-state index contributed by atoms with van der Waals surface area (Å²) in [5.74, 6) is 0.481. The Morgan fingerprint density at radius 3 is 2.61 bits per heavy atom. The Kier molecular flexibility index (Phi) is 6.28. The molecule has 0 saturated heterocycles. The number of rotatable bonds is 7. The van der Waals surface area contributed by atoms with Crippen molar-refractivity contribution in [2.45, 2.75) is 52.1 Å². The van der Waals surface area contributed by atoms with E-state index < -0.39 is 0 Å². The number of benzene rings is 3. The van der Waals surface area contributed by atoms with Gasteiger partial charge in [0.1, 0.15) is 17.1 Å². The van der Waals surface area contributed by atoms with Crippen LogP contribution in [0.3, 0.4) is 0 Å². The minimum atomic E-state index is -0.355. The number of para-hydroxylation sites is 1. The number of imidazole rings is 1. The molecule has 2 heterocycles. The number of aromatic nitrogens is 2. The van der Waals surface area contributed by atoms with E-state index in [0.29, 0.717) is 0 Å². The number of nitrogens with zero attached hydrogens (tertiary/aromatic N) is 3. The van der Waals surface area contributed by atoms with Gasteiger partial charge in [0.05, 0.1) is 11.0 Å². The topological polar surface area (TPSA) is 65.4 Å². The first kappa shape index (κ1) is 24.4. The van der Waals surface area contributed by atoms with Gasteiger partial charge in [-0.05, 0) is 84.3 Å². The number of hydrogen-bond acceptors (Lipinski definition) is 4. The maximum absolute atomic E-state index is 13.5. The third-order valence-electron chi connectivity index (χ3n) is 7.72. The Morgan fingerprint density at radius 2 is 1.82 bits per heavy atom. The van der Waals surface area contributed by atoms with Crippen LogP contribution in [0.1, 0.15) is 56.1 Å². The molecular weight excluding hydrogens is 473 g/mol. The minimum Gasteiger partial charge on any atom is -0.337 e. The Hall–Kier alpha value is -3.90. The minimum absolute atomic E-state index is 0.249. The molecule has 3 aromatic carbocycles. The van der Waals surface area contributed by atoms with Crippen molar-refractivity contribution in [2.24, 2.45) is 10.2 Å². The van der Waals surface area contributed by atoms with Gasteiger partial charge < -0.3 is 10.3 Å². The van der Waals surface area contributed by atoms with Gasteiger partial charge in [-0.2, -0.15) is 10.2 Å². The van der Waals surface area contributed by atoms with Crippen LogP contribution in [-0.2, 0) is 13.0 Å². The second-order valence-electron chi connectivity index (χ2n) is 10.4. The normalized spacial score (nSPS) is 18.8. The van der Waals surface area contributed by atoms with Gasteiger partial charge in [0.15, 0.2) is 5.82 Å². The van der Waals surface area contributed by atoms with Crippen molar-refractivity contribution < 1.29 is 4.39 Å². The fourth-order valence-corrected chi connectivity index (χ4v) is 5.50. The Labute approximate surface area is 222 Å². The first-order chi connectivity index (χ1) is 18.5. The number of allylic oxidation sites excluding steroid dienone is 1. The maximum atomic E-state index is 13.5. The van der Waals surface area contributed by atoms with Crippen molar-refractivity contribution >= 4 is 22.3 Å². The van der Waals surface area contributed by atoms with Crippen LogP contribution in [-0.4, -0.2) is 22.1 Å². The highest BCUT2D eigenvalue weighted by atomic mass is 19.1. The molecule has 4 aromatic rings. The van der Waals surface area contributed by atoms with E-state index in [2.05, 4.69) is 60.5 Å². The SMILES string of the molecule is CCNCc1cc(CC)cc(C2=CCC3(C)N=NC(c4nc5c(-c6ccc(F)cc6)cccc5[nH]4)=C3C2)c1.